The number of nitrogens with one attached hydrogen (secondary N) is 1. The monoisotopic (exact) mass is 235 g/mol. The van der Waals surface area contributed by atoms with Crippen molar-refractivity contribution in [3.05, 3.63) is 11.4 Å². The molecular weight excluding hydrogens is 214 g/mol. The van der Waals surface area contributed by atoms with E-state index in [1.165, 1.54) is 12.8 Å². The molecule has 1 aromatic heterocycles. The van der Waals surface area contributed by atoms with Crippen molar-refractivity contribution in [2.45, 2.75) is 52.1 Å². The molecule has 0 aliphatic heterocycles. The van der Waals surface area contributed by atoms with Crippen LogP contribution in [0.3, 0.4) is 0 Å². The van der Waals surface area contributed by atoms with Crippen LogP contribution in [0.1, 0.15) is 44.0 Å². The summed E-state index contributed by atoms with van der Waals surface area (Å²) in [7, 11) is 1.88. The second-order valence-electron chi connectivity index (χ2n) is 4.55. The topological polar surface area (TPSA) is 47.0 Å². The molecule has 0 aromatic carbocycles. The zero-order valence-electron chi connectivity index (χ0n) is 10.9. The van der Waals surface area contributed by atoms with Crippen LogP contribution in [0.2, 0.25) is 0 Å². The van der Waals surface area contributed by atoms with Crippen molar-refractivity contribution in [3.63, 3.8) is 0 Å². The molecule has 0 radical (unpaired) electrons. The third-order valence-corrected chi connectivity index (χ3v) is 3.28. The molecule has 1 heterocycles. The van der Waals surface area contributed by atoms with E-state index in [-0.39, 0.29) is 0 Å². The third-order valence-electron chi connectivity index (χ3n) is 3.28. The first-order chi connectivity index (χ1) is 8.24. The molecule has 0 bridgehead atoms. The lowest BCUT2D eigenvalue weighted by molar-refractivity contribution is 0.199. The summed E-state index contributed by atoms with van der Waals surface area (Å²) >= 11 is 0. The van der Waals surface area contributed by atoms with E-state index >= 15 is 0 Å². The normalized spacial score (nSPS) is 16.2. The summed E-state index contributed by atoms with van der Waals surface area (Å²) < 4.78 is 6.00. The second kappa shape index (κ2) is 5.34. The number of hydrogen-bond donors (Lipinski definition) is 1. The second-order valence-corrected chi connectivity index (χ2v) is 4.55. The van der Waals surface area contributed by atoms with Gasteiger partial charge in [-0.05, 0) is 32.6 Å². The molecule has 2 rings (SSSR count). The van der Waals surface area contributed by atoms with Gasteiger partial charge in [0, 0.05) is 13.5 Å². The average Bonchev–Trinajstić information content (AvgIpc) is 2.84. The van der Waals surface area contributed by atoms with E-state index < -0.39 is 0 Å². The van der Waals surface area contributed by atoms with Gasteiger partial charge >= 0.3 is 0 Å². The van der Waals surface area contributed by atoms with E-state index in [0.717, 1.165) is 42.3 Å². The predicted octanol–water partition coefficient (Wildman–Crippen LogP) is 2.71. The number of anilines is 1. The van der Waals surface area contributed by atoms with Crippen molar-refractivity contribution in [1.82, 2.24) is 9.97 Å². The number of nitrogens with zero attached hydrogens (tertiary/aromatic N) is 2. The Morgan fingerprint density at radius 3 is 2.59 bits per heavy atom. The van der Waals surface area contributed by atoms with Gasteiger partial charge in [0.1, 0.15) is 17.7 Å². The molecule has 1 fully saturated rings. The Morgan fingerprint density at radius 1 is 1.29 bits per heavy atom. The van der Waals surface area contributed by atoms with Crippen LogP contribution in [-0.2, 0) is 6.42 Å². The van der Waals surface area contributed by atoms with Crippen LogP contribution in [0.4, 0.5) is 5.82 Å². The van der Waals surface area contributed by atoms with Gasteiger partial charge in [-0.3, -0.25) is 0 Å². The quantitative estimate of drug-likeness (QED) is 0.871. The molecule has 94 valence electrons. The van der Waals surface area contributed by atoms with Gasteiger partial charge in [-0.15, -0.1) is 0 Å². The summed E-state index contributed by atoms with van der Waals surface area (Å²) in [5.74, 6) is 2.48. The highest BCUT2D eigenvalue weighted by Gasteiger charge is 2.19. The van der Waals surface area contributed by atoms with Crippen molar-refractivity contribution in [1.29, 1.82) is 0 Å². The lowest BCUT2D eigenvalue weighted by atomic mass is 10.3. The molecule has 0 atom stereocenters. The van der Waals surface area contributed by atoms with E-state index in [2.05, 4.69) is 22.2 Å². The van der Waals surface area contributed by atoms with Crippen LogP contribution >= 0.6 is 0 Å². The largest absolute Gasteiger partial charge is 0.474 e. The standard InChI is InChI=1S/C13H21N3O/c1-4-11-15-12(14-3)9(2)13(16-11)17-10-7-5-6-8-10/h10H,4-8H2,1-3H3,(H,14,15,16). The molecule has 1 aliphatic carbocycles. The molecule has 1 N–H and O–H groups in total. The molecule has 1 aliphatic rings. The highest BCUT2D eigenvalue weighted by molar-refractivity contribution is 5.48. The summed E-state index contributed by atoms with van der Waals surface area (Å²) in [4.78, 5) is 8.93. The summed E-state index contributed by atoms with van der Waals surface area (Å²) in [6, 6.07) is 0. The maximum atomic E-state index is 6.00. The highest BCUT2D eigenvalue weighted by atomic mass is 16.5. The number of ether oxygens (including phenoxy) is 1. The van der Waals surface area contributed by atoms with Crippen LogP contribution in [0.5, 0.6) is 5.88 Å². The Labute approximate surface area is 103 Å². The average molecular weight is 235 g/mol. The smallest absolute Gasteiger partial charge is 0.222 e. The lowest BCUT2D eigenvalue weighted by Gasteiger charge is -2.16. The van der Waals surface area contributed by atoms with E-state index in [9.17, 15) is 0 Å². The molecule has 0 saturated heterocycles. The van der Waals surface area contributed by atoms with Crippen molar-refractivity contribution < 1.29 is 4.74 Å². The summed E-state index contributed by atoms with van der Waals surface area (Å²) in [5, 5.41) is 3.10. The van der Waals surface area contributed by atoms with Crippen LogP contribution in [-0.4, -0.2) is 23.1 Å². The van der Waals surface area contributed by atoms with Gasteiger partial charge in [0.15, 0.2) is 0 Å². The number of aromatic nitrogens is 2. The first-order valence-electron chi connectivity index (χ1n) is 6.46. The Kier molecular flexibility index (Phi) is 3.82. The van der Waals surface area contributed by atoms with Crippen LogP contribution in [0.25, 0.3) is 0 Å². The van der Waals surface area contributed by atoms with Crippen molar-refractivity contribution in [3.8, 4) is 5.88 Å². The fourth-order valence-corrected chi connectivity index (χ4v) is 2.22. The van der Waals surface area contributed by atoms with Gasteiger partial charge in [-0.1, -0.05) is 6.92 Å². The molecule has 4 heteroatoms. The fraction of sp³-hybridized carbons (Fsp3) is 0.692. The predicted molar refractivity (Wildman–Crippen MR) is 68.6 cm³/mol. The highest BCUT2D eigenvalue weighted by Crippen LogP contribution is 2.27. The van der Waals surface area contributed by atoms with E-state index in [1.54, 1.807) is 0 Å². The van der Waals surface area contributed by atoms with Crippen LogP contribution in [0, 0.1) is 6.92 Å². The van der Waals surface area contributed by atoms with Crippen molar-refractivity contribution >= 4 is 5.82 Å². The summed E-state index contributed by atoms with van der Waals surface area (Å²) in [6.07, 6.45) is 6.02. The minimum atomic E-state index is 0.345. The molecule has 0 unspecified atom stereocenters. The van der Waals surface area contributed by atoms with Gasteiger partial charge in [0.25, 0.3) is 0 Å². The van der Waals surface area contributed by atoms with Crippen molar-refractivity contribution in [2.24, 2.45) is 0 Å². The van der Waals surface area contributed by atoms with E-state index in [1.807, 2.05) is 14.0 Å². The van der Waals surface area contributed by atoms with Gasteiger partial charge in [-0.25, -0.2) is 4.98 Å². The number of hydrogen-bond acceptors (Lipinski definition) is 4. The zero-order chi connectivity index (χ0) is 12.3. The minimum Gasteiger partial charge on any atom is -0.474 e. The molecule has 17 heavy (non-hydrogen) atoms. The summed E-state index contributed by atoms with van der Waals surface area (Å²) in [5.41, 5.74) is 1.01. The van der Waals surface area contributed by atoms with Gasteiger partial charge in [-0.2, -0.15) is 4.98 Å². The van der Waals surface area contributed by atoms with Gasteiger partial charge in [0.2, 0.25) is 5.88 Å². The Balaban J connectivity index is 2.24. The Bertz CT molecular complexity index is 386. The van der Waals surface area contributed by atoms with Gasteiger partial charge in [0.05, 0.1) is 5.56 Å². The lowest BCUT2D eigenvalue weighted by Crippen LogP contribution is -2.15. The Hall–Kier alpha value is -1.32. The van der Waals surface area contributed by atoms with E-state index in [0.29, 0.717) is 6.10 Å². The van der Waals surface area contributed by atoms with E-state index in [4.69, 9.17) is 4.74 Å². The molecular formula is C13H21N3O. The minimum absolute atomic E-state index is 0.345. The molecule has 1 saturated carbocycles. The van der Waals surface area contributed by atoms with Crippen LogP contribution < -0.4 is 10.1 Å². The van der Waals surface area contributed by atoms with Crippen molar-refractivity contribution in [2.75, 3.05) is 12.4 Å². The third kappa shape index (κ3) is 2.68. The van der Waals surface area contributed by atoms with Crippen LogP contribution in [0.15, 0.2) is 0 Å². The fourth-order valence-electron chi connectivity index (χ4n) is 2.22. The SMILES string of the molecule is CCc1nc(NC)c(C)c(OC2CCCC2)n1. The molecule has 0 amide bonds. The maximum absolute atomic E-state index is 6.00. The maximum Gasteiger partial charge on any atom is 0.222 e. The first kappa shape index (κ1) is 12.1. The molecule has 4 nitrogen and oxygen atoms in total. The van der Waals surface area contributed by atoms with Gasteiger partial charge < -0.3 is 10.1 Å². The Morgan fingerprint density at radius 2 is 2.00 bits per heavy atom. The zero-order valence-corrected chi connectivity index (χ0v) is 10.9. The summed E-state index contributed by atoms with van der Waals surface area (Å²) in [6.45, 7) is 4.07. The molecule has 0 spiro atoms. The first-order valence-corrected chi connectivity index (χ1v) is 6.46. The molecule has 1 aromatic rings. The number of aryl methyl sites for hydroxylation is 1. The number of rotatable bonds is 4.